The summed E-state index contributed by atoms with van der Waals surface area (Å²) in [5.74, 6) is 1.17. The number of amides is 1. The van der Waals surface area contributed by atoms with Gasteiger partial charge in [-0.3, -0.25) is 9.59 Å². The van der Waals surface area contributed by atoms with Crippen LogP contribution >= 0.6 is 0 Å². The van der Waals surface area contributed by atoms with Crippen molar-refractivity contribution in [3.63, 3.8) is 0 Å². The van der Waals surface area contributed by atoms with Gasteiger partial charge in [-0.05, 0) is 60.9 Å². The second-order valence-corrected chi connectivity index (χ2v) is 7.07. The van der Waals surface area contributed by atoms with E-state index in [1.807, 2.05) is 0 Å². The number of rotatable bonds is 5. The molecule has 1 saturated carbocycles. The third kappa shape index (κ3) is 3.45. The highest BCUT2D eigenvalue weighted by Gasteiger charge is 2.35. The maximum Gasteiger partial charge on any atom is 0.267 e. The Morgan fingerprint density at radius 1 is 1.15 bits per heavy atom. The molecule has 1 amide bonds. The average Bonchev–Trinajstić information content (AvgIpc) is 3.26. The van der Waals surface area contributed by atoms with Crippen LogP contribution < -0.4 is 10.9 Å². The molecular weight excluding hydrogens is 333 g/mol. The minimum Gasteiger partial charge on any atom is -0.354 e. The van der Waals surface area contributed by atoms with E-state index < -0.39 is 0 Å². The lowest BCUT2D eigenvalue weighted by Gasteiger charge is -2.18. The number of hydrogen-bond acceptors (Lipinski definition) is 3. The molecule has 2 aromatic rings. The highest BCUT2D eigenvalue weighted by atomic mass is 19.1. The fourth-order valence-electron chi connectivity index (χ4n) is 3.90. The molecule has 3 atom stereocenters. The van der Waals surface area contributed by atoms with E-state index >= 15 is 0 Å². The zero-order chi connectivity index (χ0) is 18.1. The zero-order valence-corrected chi connectivity index (χ0v) is 14.3. The Hall–Kier alpha value is -2.76. The molecule has 2 aliphatic carbocycles. The number of fused-ring (bicyclic) bond motifs is 2. The summed E-state index contributed by atoms with van der Waals surface area (Å²) in [7, 11) is 0. The zero-order valence-electron chi connectivity index (χ0n) is 14.3. The van der Waals surface area contributed by atoms with Gasteiger partial charge in [-0.15, -0.1) is 0 Å². The molecule has 1 heterocycles. The Labute approximate surface area is 150 Å². The van der Waals surface area contributed by atoms with Crippen LogP contribution in [0.25, 0.3) is 11.3 Å². The number of hydrogen-bond donors (Lipinski definition) is 1. The summed E-state index contributed by atoms with van der Waals surface area (Å²) in [6, 6.07) is 8.81. The topological polar surface area (TPSA) is 64.0 Å². The molecule has 2 aliphatic rings. The number of allylic oxidation sites excluding steroid dienone is 2. The van der Waals surface area contributed by atoms with Crippen molar-refractivity contribution < 1.29 is 9.18 Å². The van der Waals surface area contributed by atoms with Gasteiger partial charge in [0.05, 0.1) is 5.69 Å². The minimum absolute atomic E-state index is 0.121. The molecule has 2 bridgehead atoms. The molecule has 0 aliphatic heterocycles. The number of aromatic nitrogens is 2. The van der Waals surface area contributed by atoms with Crippen molar-refractivity contribution in [1.29, 1.82) is 0 Å². The monoisotopic (exact) mass is 353 g/mol. The molecule has 0 spiro atoms. The third-order valence-electron chi connectivity index (χ3n) is 5.28. The summed E-state index contributed by atoms with van der Waals surface area (Å²) in [5.41, 5.74) is 0.874. The lowest BCUT2D eigenvalue weighted by molar-refractivity contribution is -0.122. The van der Waals surface area contributed by atoms with Gasteiger partial charge in [-0.25, -0.2) is 9.07 Å². The second-order valence-electron chi connectivity index (χ2n) is 7.07. The van der Waals surface area contributed by atoms with Gasteiger partial charge in [0.2, 0.25) is 5.91 Å². The molecule has 1 N–H and O–H groups in total. The number of benzene rings is 1. The summed E-state index contributed by atoms with van der Waals surface area (Å²) in [6.45, 7) is 0.515. The first-order valence-corrected chi connectivity index (χ1v) is 8.87. The number of nitrogens with one attached hydrogen (secondary N) is 1. The van der Waals surface area contributed by atoms with E-state index in [2.05, 4.69) is 22.6 Å². The molecule has 1 aromatic carbocycles. The number of carbonyl (C=O) groups is 1. The molecule has 0 radical (unpaired) electrons. The maximum absolute atomic E-state index is 13.1. The molecule has 0 unspecified atom stereocenters. The third-order valence-corrected chi connectivity index (χ3v) is 5.28. The Kier molecular flexibility index (Phi) is 4.41. The van der Waals surface area contributed by atoms with Crippen molar-refractivity contribution >= 4 is 5.91 Å². The molecule has 1 aromatic heterocycles. The van der Waals surface area contributed by atoms with E-state index in [1.165, 1.54) is 24.6 Å². The van der Waals surface area contributed by atoms with Gasteiger partial charge in [0, 0.05) is 18.2 Å². The highest BCUT2D eigenvalue weighted by molar-refractivity contribution is 5.75. The molecule has 0 saturated heterocycles. The van der Waals surface area contributed by atoms with E-state index in [0.29, 0.717) is 35.6 Å². The van der Waals surface area contributed by atoms with Crippen LogP contribution in [0.2, 0.25) is 0 Å². The number of carbonyl (C=O) groups excluding carboxylic acids is 1. The predicted octanol–water partition coefficient (Wildman–Crippen LogP) is 2.38. The largest absolute Gasteiger partial charge is 0.354 e. The predicted molar refractivity (Wildman–Crippen MR) is 95.7 cm³/mol. The summed E-state index contributed by atoms with van der Waals surface area (Å²) < 4.78 is 14.2. The summed E-state index contributed by atoms with van der Waals surface area (Å²) in [6.07, 6.45) is 6.84. The molecule has 26 heavy (non-hydrogen) atoms. The van der Waals surface area contributed by atoms with Crippen molar-refractivity contribution in [2.75, 3.05) is 6.54 Å². The van der Waals surface area contributed by atoms with Crippen LogP contribution in [-0.2, 0) is 11.3 Å². The maximum atomic E-state index is 13.1. The number of halogens is 1. The van der Waals surface area contributed by atoms with Crippen molar-refractivity contribution in [1.82, 2.24) is 15.1 Å². The Morgan fingerprint density at radius 3 is 2.65 bits per heavy atom. The fraction of sp³-hybridized carbons (Fsp3) is 0.350. The standard InChI is InChI=1S/C20H20FN3O2/c21-17-5-3-14(4-6-17)18-7-8-20(26)24(23-18)12-19(25)22-11-16-10-13-1-2-15(16)9-13/h1-8,13,15-16H,9-12H2,(H,22,25)/t13-,15+,16+/m1/s1. The van der Waals surface area contributed by atoms with Crippen molar-refractivity contribution in [2.24, 2.45) is 17.8 Å². The van der Waals surface area contributed by atoms with Crippen LogP contribution in [0, 0.1) is 23.6 Å². The molecule has 1 fully saturated rings. The van der Waals surface area contributed by atoms with Crippen LogP contribution in [0.4, 0.5) is 4.39 Å². The second kappa shape index (κ2) is 6.86. The fourth-order valence-corrected chi connectivity index (χ4v) is 3.90. The van der Waals surface area contributed by atoms with E-state index in [4.69, 9.17) is 0 Å². The van der Waals surface area contributed by atoms with Gasteiger partial charge in [0.25, 0.3) is 5.56 Å². The van der Waals surface area contributed by atoms with Gasteiger partial charge in [0.15, 0.2) is 0 Å². The molecule has 134 valence electrons. The molecule has 6 heteroatoms. The first-order chi connectivity index (χ1) is 12.6. The Bertz CT molecular complexity index is 904. The van der Waals surface area contributed by atoms with Crippen molar-refractivity contribution in [2.45, 2.75) is 19.4 Å². The van der Waals surface area contributed by atoms with E-state index in [9.17, 15) is 14.0 Å². The minimum atomic E-state index is -0.339. The van der Waals surface area contributed by atoms with E-state index in [1.54, 1.807) is 18.2 Å². The van der Waals surface area contributed by atoms with E-state index in [-0.39, 0.29) is 23.8 Å². The van der Waals surface area contributed by atoms with Gasteiger partial charge < -0.3 is 5.32 Å². The van der Waals surface area contributed by atoms with Crippen LogP contribution in [0.3, 0.4) is 0 Å². The summed E-state index contributed by atoms with van der Waals surface area (Å²) in [5, 5.41) is 7.17. The van der Waals surface area contributed by atoms with Crippen molar-refractivity contribution in [3.05, 3.63) is 64.7 Å². The Morgan fingerprint density at radius 2 is 1.96 bits per heavy atom. The first kappa shape index (κ1) is 16.7. The van der Waals surface area contributed by atoms with Gasteiger partial charge >= 0.3 is 0 Å². The van der Waals surface area contributed by atoms with Crippen LogP contribution in [0.5, 0.6) is 0 Å². The van der Waals surface area contributed by atoms with E-state index in [0.717, 1.165) is 11.1 Å². The van der Waals surface area contributed by atoms with Crippen LogP contribution in [0.15, 0.2) is 53.3 Å². The molecular formula is C20H20FN3O2. The average molecular weight is 353 g/mol. The lowest BCUT2D eigenvalue weighted by atomic mass is 9.94. The van der Waals surface area contributed by atoms with Gasteiger partial charge in [-0.2, -0.15) is 5.10 Å². The van der Waals surface area contributed by atoms with Crippen LogP contribution in [0.1, 0.15) is 12.8 Å². The van der Waals surface area contributed by atoms with Crippen LogP contribution in [-0.4, -0.2) is 22.2 Å². The molecule has 5 nitrogen and oxygen atoms in total. The SMILES string of the molecule is O=C(Cn1nc(-c2ccc(F)cc2)ccc1=O)NC[C@@H]1C[C@@H]2C=C[C@H]1C2. The summed E-state index contributed by atoms with van der Waals surface area (Å²) in [4.78, 5) is 24.2. The quantitative estimate of drug-likeness (QED) is 0.840. The lowest BCUT2D eigenvalue weighted by Crippen LogP contribution is -2.36. The number of nitrogens with zero attached hydrogens (tertiary/aromatic N) is 2. The van der Waals surface area contributed by atoms with Crippen molar-refractivity contribution in [3.8, 4) is 11.3 Å². The highest BCUT2D eigenvalue weighted by Crippen LogP contribution is 2.42. The Balaban J connectivity index is 1.41. The first-order valence-electron chi connectivity index (χ1n) is 8.87. The summed E-state index contributed by atoms with van der Waals surface area (Å²) >= 11 is 0. The smallest absolute Gasteiger partial charge is 0.267 e. The van der Waals surface area contributed by atoms with Gasteiger partial charge in [0.1, 0.15) is 12.4 Å². The normalized spacial score (nSPS) is 23.3. The molecule has 4 rings (SSSR count). The van der Waals surface area contributed by atoms with Gasteiger partial charge in [-0.1, -0.05) is 12.2 Å².